The molecule has 2 fully saturated rings. The van der Waals surface area contributed by atoms with E-state index in [2.05, 4.69) is 30.3 Å². The quantitative estimate of drug-likeness (QED) is 0.730. The molecule has 0 spiro atoms. The number of rotatable bonds is 3. The molecular weight excluding hydrogens is 184 g/mol. The van der Waals surface area contributed by atoms with Crippen LogP contribution in [0.2, 0.25) is 0 Å². The average Bonchev–Trinajstić information content (AvgIpc) is 3.07. The predicted molar refractivity (Wildman–Crippen MR) is 60.5 cm³/mol. The predicted octanol–water partition coefficient (Wildman–Crippen LogP) is 3.39. The van der Waals surface area contributed by atoms with Gasteiger partial charge in [0.1, 0.15) is 0 Å². The summed E-state index contributed by atoms with van der Waals surface area (Å²) in [5.74, 6) is 1.92. The highest BCUT2D eigenvalue weighted by Gasteiger charge is 2.45. The summed E-state index contributed by atoms with van der Waals surface area (Å²) < 4.78 is 6.02. The molecule has 15 heavy (non-hydrogen) atoms. The highest BCUT2D eigenvalue weighted by molar-refractivity contribution is 5.13. The molecule has 1 heteroatoms. The summed E-state index contributed by atoms with van der Waals surface area (Å²) in [6, 6.07) is 10.5. The van der Waals surface area contributed by atoms with Crippen LogP contribution in [0.3, 0.4) is 0 Å². The summed E-state index contributed by atoms with van der Waals surface area (Å²) in [4.78, 5) is 0. The number of fused-ring (bicyclic) bond motifs is 1. The van der Waals surface area contributed by atoms with Crippen molar-refractivity contribution >= 4 is 0 Å². The summed E-state index contributed by atoms with van der Waals surface area (Å²) in [6.45, 7) is 0.800. The minimum atomic E-state index is 0.559. The molecule has 0 heterocycles. The highest BCUT2D eigenvalue weighted by Crippen LogP contribution is 2.50. The molecule has 1 nitrogen and oxygen atoms in total. The third-order valence-electron chi connectivity index (χ3n) is 3.83. The van der Waals surface area contributed by atoms with Crippen LogP contribution in [-0.4, -0.2) is 6.10 Å². The highest BCUT2D eigenvalue weighted by atomic mass is 16.5. The van der Waals surface area contributed by atoms with Crippen molar-refractivity contribution in [2.24, 2.45) is 11.8 Å². The molecule has 2 aliphatic rings. The van der Waals surface area contributed by atoms with Gasteiger partial charge in [-0.3, -0.25) is 0 Å². The van der Waals surface area contributed by atoms with Crippen LogP contribution in [0, 0.1) is 11.8 Å². The molecule has 0 bridgehead atoms. The fraction of sp³-hybridized carbons (Fsp3) is 0.571. The maximum Gasteiger partial charge on any atom is 0.0720 e. The van der Waals surface area contributed by atoms with Gasteiger partial charge in [-0.1, -0.05) is 36.8 Å². The fourth-order valence-corrected chi connectivity index (χ4v) is 2.84. The zero-order valence-electron chi connectivity index (χ0n) is 9.06. The zero-order chi connectivity index (χ0) is 10.1. The molecule has 0 aromatic heterocycles. The van der Waals surface area contributed by atoms with E-state index in [0.29, 0.717) is 6.10 Å². The minimum Gasteiger partial charge on any atom is -0.373 e. The molecule has 0 radical (unpaired) electrons. The van der Waals surface area contributed by atoms with Crippen LogP contribution < -0.4 is 0 Å². The van der Waals surface area contributed by atoms with E-state index in [4.69, 9.17) is 4.74 Å². The van der Waals surface area contributed by atoms with Gasteiger partial charge in [0.05, 0.1) is 12.7 Å². The van der Waals surface area contributed by atoms with Crippen molar-refractivity contribution < 1.29 is 4.74 Å². The maximum atomic E-state index is 6.02. The van der Waals surface area contributed by atoms with E-state index in [1.807, 2.05) is 0 Å². The maximum absolute atomic E-state index is 6.02. The molecular formula is C14H18O. The van der Waals surface area contributed by atoms with Crippen molar-refractivity contribution in [3.63, 3.8) is 0 Å². The van der Waals surface area contributed by atoms with Gasteiger partial charge in [-0.05, 0) is 36.7 Å². The van der Waals surface area contributed by atoms with Gasteiger partial charge < -0.3 is 4.74 Å². The molecule has 0 N–H and O–H groups in total. The molecule has 0 unspecified atom stereocenters. The largest absolute Gasteiger partial charge is 0.373 e. The first-order valence-electron chi connectivity index (χ1n) is 6.09. The monoisotopic (exact) mass is 202 g/mol. The Morgan fingerprint density at radius 1 is 1.13 bits per heavy atom. The number of ether oxygens (including phenoxy) is 1. The van der Waals surface area contributed by atoms with Crippen molar-refractivity contribution in [1.82, 2.24) is 0 Å². The van der Waals surface area contributed by atoms with Crippen molar-refractivity contribution in [1.29, 1.82) is 0 Å². The van der Waals surface area contributed by atoms with Crippen molar-refractivity contribution in [2.45, 2.75) is 38.4 Å². The summed E-state index contributed by atoms with van der Waals surface area (Å²) in [7, 11) is 0. The summed E-state index contributed by atoms with van der Waals surface area (Å²) in [6.07, 6.45) is 6.10. The lowest BCUT2D eigenvalue weighted by Crippen LogP contribution is -2.19. The molecule has 0 aliphatic heterocycles. The van der Waals surface area contributed by atoms with Crippen LogP contribution in [0.4, 0.5) is 0 Å². The molecule has 1 aromatic carbocycles. The van der Waals surface area contributed by atoms with Crippen LogP contribution >= 0.6 is 0 Å². The van der Waals surface area contributed by atoms with Gasteiger partial charge in [0.2, 0.25) is 0 Å². The van der Waals surface area contributed by atoms with Gasteiger partial charge in [-0.15, -0.1) is 0 Å². The van der Waals surface area contributed by atoms with Gasteiger partial charge >= 0.3 is 0 Å². The van der Waals surface area contributed by atoms with Crippen LogP contribution in [-0.2, 0) is 11.3 Å². The molecule has 3 rings (SSSR count). The van der Waals surface area contributed by atoms with E-state index in [1.54, 1.807) is 0 Å². The minimum absolute atomic E-state index is 0.559. The Kier molecular flexibility index (Phi) is 2.49. The average molecular weight is 202 g/mol. The van der Waals surface area contributed by atoms with E-state index in [0.717, 1.165) is 18.4 Å². The summed E-state index contributed by atoms with van der Waals surface area (Å²) in [5, 5.41) is 0. The molecule has 0 saturated heterocycles. The van der Waals surface area contributed by atoms with Crippen molar-refractivity contribution in [2.75, 3.05) is 0 Å². The number of hydrogen-bond donors (Lipinski definition) is 0. The molecule has 0 amide bonds. The normalized spacial score (nSPS) is 33.5. The molecule has 1 aromatic rings. The van der Waals surface area contributed by atoms with E-state index >= 15 is 0 Å². The van der Waals surface area contributed by atoms with Crippen LogP contribution in [0.25, 0.3) is 0 Å². The van der Waals surface area contributed by atoms with Gasteiger partial charge in [0, 0.05) is 0 Å². The Morgan fingerprint density at radius 2 is 2.00 bits per heavy atom. The van der Waals surface area contributed by atoms with Gasteiger partial charge in [-0.2, -0.15) is 0 Å². The number of benzene rings is 1. The topological polar surface area (TPSA) is 9.23 Å². The Labute approximate surface area is 91.5 Å². The number of hydrogen-bond acceptors (Lipinski definition) is 1. The lowest BCUT2D eigenvalue weighted by molar-refractivity contribution is 0.00668. The Balaban J connectivity index is 1.54. The third kappa shape index (κ3) is 2.07. The van der Waals surface area contributed by atoms with E-state index in [1.165, 1.54) is 31.2 Å². The third-order valence-corrected chi connectivity index (χ3v) is 3.83. The lowest BCUT2D eigenvalue weighted by atomic mass is 9.98. The zero-order valence-corrected chi connectivity index (χ0v) is 9.06. The van der Waals surface area contributed by atoms with Gasteiger partial charge in [0.25, 0.3) is 0 Å². The second-order valence-corrected chi connectivity index (χ2v) is 4.93. The van der Waals surface area contributed by atoms with E-state index < -0.39 is 0 Å². The first-order chi connectivity index (χ1) is 7.43. The molecule has 2 aliphatic carbocycles. The summed E-state index contributed by atoms with van der Waals surface area (Å²) >= 11 is 0. The van der Waals surface area contributed by atoms with Crippen molar-refractivity contribution in [3.8, 4) is 0 Å². The van der Waals surface area contributed by atoms with Gasteiger partial charge in [0.15, 0.2) is 0 Å². The lowest BCUT2D eigenvalue weighted by Gasteiger charge is -2.21. The van der Waals surface area contributed by atoms with E-state index in [-0.39, 0.29) is 0 Å². The summed E-state index contributed by atoms with van der Waals surface area (Å²) in [5.41, 5.74) is 1.31. The second kappa shape index (κ2) is 3.97. The standard InChI is InChI=1S/C14H18O/c1-2-5-11(6-3-1)10-15-14-8-4-7-12-9-13(12)14/h1-3,5-6,12-14H,4,7-10H2/t12-,13+,14-/m1/s1. The van der Waals surface area contributed by atoms with E-state index in [9.17, 15) is 0 Å². The van der Waals surface area contributed by atoms with Gasteiger partial charge in [-0.25, -0.2) is 0 Å². The Hall–Kier alpha value is -0.820. The SMILES string of the molecule is c1ccc(CO[C@@H]2CCC[C@@H]3C[C@@H]32)cc1. The molecule has 3 atom stereocenters. The van der Waals surface area contributed by atoms with Crippen molar-refractivity contribution in [3.05, 3.63) is 35.9 Å². The van der Waals surface area contributed by atoms with Crippen LogP contribution in [0.15, 0.2) is 30.3 Å². The van der Waals surface area contributed by atoms with Crippen LogP contribution in [0.1, 0.15) is 31.2 Å². The molecule has 80 valence electrons. The first-order valence-corrected chi connectivity index (χ1v) is 6.09. The fourth-order valence-electron chi connectivity index (χ4n) is 2.84. The molecule has 2 saturated carbocycles. The Bertz CT molecular complexity index is 319. The smallest absolute Gasteiger partial charge is 0.0720 e. The second-order valence-electron chi connectivity index (χ2n) is 4.93. The Morgan fingerprint density at radius 3 is 2.87 bits per heavy atom. The first kappa shape index (κ1) is 9.41. The van der Waals surface area contributed by atoms with Crippen LogP contribution in [0.5, 0.6) is 0 Å².